The molecule has 196 valence electrons. The summed E-state index contributed by atoms with van der Waals surface area (Å²) in [4.78, 5) is 20.0. The molecule has 1 atom stereocenters. The van der Waals surface area contributed by atoms with Gasteiger partial charge in [0.1, 0.15) is 21.5 Å². The third-order valence-electron chi connectivity index (χ3n) is 6.93. The number of benzene rings is 2. The number of carbonyl (C=O) groups is 1. The first kappa shape index (κ1) is 24.8. The zero-order chi connectivity index (χ0) is 26.4. The van der Waals surface area contributed by atoms with Gasteiger partial charge in [0.2, 0.25) is 0 Å². The molecule has 1 aliphatic heterocycles. The third-order valence-corrected chi connectivity index (χ3v) is 8.63. The molecule has 1 unspecified atom stereocenters. The van der Waals surface area contributed by atoms with E-state index >= 15 is 0 Å². The van der Waals surface area contributed by atoms with Gasteiger partial charge in [0, 0.05) is 30.8 Å². The Morgan fingerprint density at radius 1 is 1.03 bits per heavy atom. The van der Waals surface area contributed by atoms with Gasteiger partial charge in [0.25, 0.3) is 5.91 Å². The van der Waals surface area contributed by atoms with Gasteiger partial charge in [-0.3, -0.25) is 4.79 Å². The van der Waals surface area contributed by atoms with Crippen molar-refractivity contribution in [2.75, 3.05) is 18.6 Å². The molecule has 0 spiro atoms. The molecule has 1 saturated carbocycles. The summed E-state index contributed by atoms with van der Waals surface area (Å²) >= 11 is 1.29. The molecule has 4 aromatic rings. The van der Waals surface area contributed by atoms with Crippen LogP contribution in [0.5, 0.6) is 0 Å². The van der Waals surface area contributed by atoms with Gasteiger partial charge in [-0.1, -0.05) is 24.3 Å². The monoisotopic (exact) mass is 552 g/mol. The van der Waals surface area contributed by atoms with Crippen LogP contribution < -0.4 is 0 Å². The van der Waals surface area contributed by atoms with E-state index in [0.29, 0.717) is 41.2 Å². The number of hydrogen-bond donors (Lipinski definition) is 0. The minimum atomic E-state index is -3.27. The summed E-state index contributed by atoms with van der Waals surface area (Å²) in [5.74, 6) is 1.81. The second kappa shape index (κ2) is 9.66. The van der Waals surface area contributed by atoms with Gasteiger partial charge in [-0.15, -0.1) is 10.2 Å². The maximum atomic E-state index is 13.6. The molecule has 12 heteroatoms. The van der Waals surface area contributed by atoms with E-state index in [0.717, 1.165) is 29.8 Å². The highest BCUT2D eigenvalue weighted by atomic mass is 32.2. The van der Waals surface area contributed by atoms with Crippen molar-refractivity contribution in [3.63, 3.8) is 0 Å². The van der Waals surface area contributed by atoms with Crippen LogP contribution in [0.25, 0.3) is 22.0 Å². The van der Waals surface area contributed by atoms with Gasteiger partial charge < -0.3 is 9.47 Å². The molecule has 2 aromatic carbocycles. The van der Waals surface area contributed by atoms with Crippen LogP contribution in [0.3, 0.4) is 0 Å². The van der Waals surface area contributed by atoms with Crippen molar-refractivity contribution in [1.82, 2.24) is 29.0 Å². The fraction of sp³-hybridized carbons (Fsp3) is 0.346. The third kappa shape index (κ3) is 4.97. The Labute approximate surface area is 223 Å². The molecule has 0 bridgehead atoms. The van der Waals surface area contributed by atoms with Gasteiger partial charge in [-0.25, -0.2) is 17.8 Å². The first-order chi connectivity index (χ1) is 18.3. The smallest absolute Gasteiger partial charge is 0.254 e. The largest absolute Gasteiger partial charge is 0.327 e. The highest BCUT2D eigenvalue weighted by molar-refractivity contribution is 7.90. The van der Waals surface area contributed by atoms with Gasteiger partial charge in [0.05, 0.1) is 11.8 Å². The second-order valence-electron chi connectivity index (χ2n) is 9.78. The fourth-order valence-electron chi connectivity index (χ4n) is 4.74. The van der Waals surface area contributed by atoms with Crippen molar-refractivity contribution in [2.24, 2.45) is 0 Å². The summed E-state index contributed by atoms with van der Waals surface area (Å²) in [5.41, 5.74) is 2.18. The lowest BCUT2D eigenvalue weighted by Crippen LogP contribution is -2.43. The van der Waals surface area contributed by atoms with E-state index in [1.165, 1.54) is 29.9 Å². The summed E-state index contributed by atoms with van der Waals surface area (Å²) in [7, 11) is -3.27. The van der Waals surface area contributed by atoms with Crippen LogP contribution in [0, 0.1) is 5.82 Å². The Hall–Kier alpha value is -3.51. The summed E-state index contributed by atoms with van der Waals surface area (Å²) < 4.78 is 43.8. The Morgan fingerprint density at radius 3 is 2.37 bits per heavy atom. The zero-order valence-corrected chi connectivity index (χ0v) is 22.3. The summed E-state index contributed by atoms with van der Waals surface area (Å²) in [6.45, 7) is 0.837. The number of carbonyl (C=O) groups excluding carboxylic acids is 1. The summed E-state index contributed by atoms with van der Waals surface area (Å²) in [5, 5.41) is 9.47. The molecule has 6 rings (SSSR count). The van der Waals surface area contributed by atoms with Crippen LogP contribution in [-0.4, -0.2) is 61.9 Å². The fourth-order valence-corrected chi connectivity index (χ4v) is 6.13. The van der Waals surface area contributed by atoms with E-state index < -0.39 is 15.9 Å². The van der Waals surface area contributed by atoms with Crippen LogP contribution in [-0.2, 0) is 16.4 Å². The molecule has 38 heavy (non-hydrogen) atoms. The summed E-state index contributed by atoms with van der Waals surface area (Å²) in [6, 6.07) is 12.7. The quantitative estimate of drug-likeness (QED) is 0.339. The van der Waals surface area contributed by atoms with Gasteiger partial charge in [0.15, 0.2) is 16.7 Å². The highest BCUT2D eigenvalue weighted by Gasteiger charge is 2.36. The number of rotatable bonds is 7. The number of halogens is 1. The van der Waals surface area contributed by atoms with Crippen molar-refractivity contribution >= 4 is 27.3 Å². The lowest BCUT2D eigenvalue weighted by Gasteiger charge is -2.35. The van der Waals surface area contributed by atoms with Crippen molar-refractivity contribution in [2.45, 2.75) is 37.8 Å². The van der Waals surface area contributed by atoms with E-state index in [2.05, 4.69) is 19.6 Å². The average Bonchev–Trinajstić information content (AvgIpc) is 3.48. The summed E-state index contributed by atoms with van der Waals surface area (Å²) in [6.07, 6.45) is 3.60. The minimum Gasteiger partial charge on any atom is -0.327 e. The van der Waals surface area contributed by atoms with E-state index in [9.17, 15) is 17.6 Å². The van der Waals surface area contributed by atoms with Gasteiger partial charge >= 0.3 is 0 Å². The van der Waals surface area contributed by atoms with Gasteiger partial charge in [-0.2, -0.15) is 4.37 Å². The second-order valence-corrected chi connectivity index (χ2v) is 12.8. The molecule has 0 radical (unpaired) electrons. The normalized spacial score (nSPS) is 17.4. The van der Waals surface area contributed by atoms with Crippen LogP contribution in [0.15, 0.2) is 48.5 Å². The molecule has 1 aliphatic carbocycles. The van der Waals surface area contributed by atoms with Gasteiger partial charge in [-0.05, 0) is 66.2 Å². The maximum absolute atomic E-state index is 13.6. The standard InChI is InChI=1S/C26H25FN6O3S2/c1-38(35,36)15-12-21-23-29-30-24(25-28-22(31-37-25)18-4-5-18)33(23)14-13-32(21)26(34)19-6-2-16(3-7-19)17-8-10-20(27)11-9-17/h2-3,6-11,18,21H,4-5,12-15H2,1H3. The molecule has 3 heterocycles. The molecule has 0 N–H and O–H groups in total. The van der Waals surface area contributed by atoms with E-state index in [-0.39, 0.29) is 23.9 Å². The minimum absolute atomic E-state index is 0.0855. The zero-order valence-electron chi connectivity index (χ0n) is 20.6. The Bertz CT molecular complexity index is 1590. The Kier molecular flexibility index (Phi) is 6.31. The average molecular weight is 553 g/mol. The number of nitrogens with zero attached hydrogens (tertiary/aromatic N) is 6. The van der Waals surface area contributed by atoms with E-state index in [1.807, 2.05) is 16.7 Å². The lowest BCUT2D eigenvalue weighted by molar-refractivity contribution is 0.0612. The Balaban J connectivity index is 1.29. The van der Waals surface area contributed by atoms with Crippen LogP contribution >= 0.6 is 11.5 Å². The highest BCUT2D eigenvalue weighted by Crippen LogP contribution is 2.40. The van der Waals surface area contributed by atoms with Crippen molar-refractivity contribution in [1.29, 1.82) is 0 Å². The first-order valence-corrected chi connectivity index (χ1v) is 15.2. The predicted octanol–water partition coefficient (Wildman–Crippen LogP) is 4.11. The molecule has 1 amide bonds. The number of sulfone groups is 1. The predicted molar refractivity (Wildman–Crippen MR) is 141 cm³/mol. The molecular formula is C26H25FN6O3S2. The van der Waals surface area contributed by atoms with E-state index in [4.69, 9.17) is 0 Å². The number of aromatic nitrogens is 5. The maximum Gasteiger partial charge on any atom is 0.254 e. The number of fused-ring (bicyclic) bond motifs is 1. The molecule has 1 fully saturated rings. The first-order valence-electron chi connectivity index (χ1n) is 12.4. The number of hydrogen-bond acceptors (Lipinski definition) is 8. The van der Waals surface area contributed by atoms with Crippen molar-refractivity contribution < 1.29 is 17.6 Å². The van der Waals surface area contributed by atoms with Crippen molar-refractivity contribution in [3.05, 3.63) is 71.6 Å². The molecule has 0 saturated heterocycles. The lowest BCUT2D eigenvalue weighted by atomic mass is 10.0. The molecule has 2 aromatic heterocycles. The van der Waals surface area contributed by atoms with E-state index in [1.54, 1.807) is 29.2 Å². The van der Waals surface area contributed by atoms with Crippen molar-refractivity contribution in [3.8, 4) is 22.0 Å². The van der Waals surface area contributed by atoms with Crippen LogP contribution in [0.1, 0.15) is 53.2 Å². The molecular weight excluding hydrogens is 527 g/mol. The van der Waals surface area contributed by atoms with Crippen LogP contribution in [0.2, 0.25) is 0 Å². The number of amides is 1. The SMILES string of the molecule is CS(=O)(=O)CCC1c2nnc(-c3nc(C4CC4)ns3)n2CCN1C(=O)c1ccc(-c2ccc(F)cc2)cc1. The topological polar surface area (TPSA) is 111 Å². The Morgan fingerprint density at radius 2 is 1.71 bits per heavy atom. The molecule has 2 aliphatic rings. The molecule has 9 nitrogen and oxygen atoms in total. The van der Waals surface area contributed by atoms with Crippen LogP contribution in [0.4, 0.5) is 4.39 Å².